The smallest absolute Gasteiger partial charge is 0.0737 e. The van der Waals surface area contributed by atoms with E-state index in [0.29, 0.717) is 0 Å². The van der Waals surface area contributed by atoms with Gasteiger partial charge >= 0.3 is 0 Å². The summed E-state index contributed by atoms with van der Waals surface area (Å²) in [6, 6.07) is 14.3. The Labute approximate surface area is 113 Å². The molecule has 2 rings (SSSR count). The fraction of sp³-hybridized carbons (Fsp3) is 0.118. The van der Waals surface area contributed by atoms with Gasteiger partial charge in [-0.15, -0.1) is 0 Å². The van der Waals surface area contributed by atoms with E-state index in [1.54, 1.807) is 0 Å². The molecule has 0 radical (unpaired) electrons. The molecular formula is C17H17NO. The fourth-order valence-corrected chi connectivity index (χ4v) is 2.28. The lowest BCUT2D eigenvalue weighted by Gasteiger charge is -2.11. The van der Waals surface area contributed by atoms with Crippen LogP contribution in [-0.4, -0.2) is 11.4 Å². The molecule has 0 aromatic heterocycles. The summed E-state index contributed by atoms with van der Waals surface area (Å²) in [6.45, 7) is 5.95. The zero-order valence-corrected chi connectivity index (χ0v) is 11.0. The molecule has 0 atom stereocenters. The third-order valence-electron chi connectivity index (χ3n) is 3.20. The lowest BCUT2D eigenvalue weighted by molar-refractivity contribution is 0.322. The summed E-state index contributed by atoms with van der Waals surface area (Å²) in [5, 5.41) is 12.0. The van der Waals surface area contributed by atoms with E-state index in [9.17, 15) is 0 Å². The number of nitrogens with zero attached hydrogens (tertiary/aromatic N) is 1. The van der Waals surface area contributed by atoms with Gasteiger partial charge in [-0.3, -0.25) is 0 Å². The SMILES string of the molecule is C=Cc1cc(-c2ccccc2)cc(/C=N/O)c1CC. The van der Waals surface area contributed by atoms with Crippen LogP contribution in [0.25, 0.3) is 17.2 Å². The Balaban J connectivity index is 2.64. The second kappa shape index (κ2) is 6.01. The van der Waals surface area contributed by atoms with Gasteiger partial charge < -0.3 is 5.21 Å². The monoisotopic (exact) mass is 251 g/mol. The Hall–Kier alpha value is -2.35. The molecule has 0 aliphatic rings. The Morgan fingerprint density at radius 1 is 1.11 bits per heavy atom. The highest BCUT2D eigenvalue weighted by Gasteiger charge is 2.07. The average molecular weight is 251 g/mol. The minimum absolute atomic E-state index is 0.873. The predicted molar refractivity (Wildman–Crippen MR) is 80.7 cm³/mol. The van der Waals surface area contributed by atoms with E-state index >= 15 is 0 Å². The van der Waals surface area contributed by atoms with Crippen LogP contribution < -0.4 is 0 Å². The summed E-state index contributed by atoms with van der Waals surface area (Å²) in [6.07, 6.45) is 4.20. The Bertz CT molecular complexity index is 600. The van der Waals surface area contributed by atoms with Gasteiger partial charge in [0.25, 0.3) is 0 Å². The second-order valence-corrected chi connectivity index (χ2v) is 4.30. The maximum absolute atomic E-state index is 8.81. The first-order chi connectivity index (χ1) is 9.30. The van der Waals surface area contributed by atoms with Gasteiger partial charge in [-0.25, -0.2) is 0 Å². The molecule has 19 heavy (non-hydrogen) atoms. The van der Waals surface area contributed by atoms with Crippen LogP contribution in [0.15, 0.2) is 54.2 Å². The molecule has 2 aromatic rings. The normalized spacial score (nSPS) is 10.8. The standard InChI is InChI=1S/C17H17NO/c1-3-13-10-15(14-8-6-5-7-9-14)11-16(12-18-19)17(13)4-2/h3,5-12,19H,1,4H2,2H3/b18-12+. The van der Waals surface area contributed by atoms with Crippen LogP contribution in [0, 0.1) is 0 Å². The summed E-state index contributed by atoms with van der Waals surface area (Å²) in [5.41, 5.74) is 5.40. The number of benzene rings is 2. The van der Waals surface area contributed by atoms with Crippen molar-refractivity contribution in [2.24, 2.45) is 5.16 Å². The van der Waals surface area contributed by atoms with Crippen molar-refractivity contribution in [3.63, 3.8) is 0 Å². The highest BCUT2D eigenvalue weighted by atomic mass is 16.4. The molecule has 0 bridgehead atoms. The van der Waals surface area contributed by atoms with Crippen molar-refractivity contribution < 1.29 is 5.21 Å². The second-order valence-electron chi connectivity index (χ2n) is 4.30. The topological polar surface area (TPSA) is 32.6 Å². The van der Waals surface area contributed by atoms with Crippen LogP contribution in [0.2, 0.25) is 0 Å². The molecule has 2 heteroatoms. The molecule has 0 heterocycles. The van der Waals surface area contributed by atoms with Crippen LogP contribution in [0.4, 0.5) is 0 Å². The van der Waals surface area contributed by atoms with E-state index in [2.05, 4.69) is 36.9 Å². The van der Waals surface area contributed by atoms with Gasteiger partial charge in [0.2, 0.25) is 0 Å². The van der Waals surface area contributed by atoms with Gasteiger partial charge in [-0.2, -0.15) is 0 Å². The van der Waals surface area contributed by atoms with Gasteiger partial charge in [0, 0.05) is 5.56 Å². The van der Waals surface area contributed by atoms with E-state index in [0.717, 1.165) is 34.2 Å². The largest absolute Gasteiger partial charge is 0.411 e. The highest BCUT2D eigenvalue weighted by molar-refractivity contribution is 5.86. The molecule has 0 aliphatic heterocycles. The third-order valence-corrected chi connectivity index (χ3v) is 3.20. The maximum atomic E-state index is 8.81. The molecule has 0 unspecified atom stereocenters. The van der Waals surface area contributed by atoms with Crippen LogP contribution in [-0.2, 0) is 6.42 Å². The minimum atomic E-state index is 0.873. The van der Waals surface area contributed by atoms with Crippen LogP contribution >= 0.6 is 0 Å². The van der Waals surface area contributed by atoms with Crippen LogP contribution in [0.1, 0.15) is 23.6 Å². The molecule has 2 aromatic carbocycles. The van der Waals surface area contributed by atoms with Crippen molar-refractivity contribution in [2.75, 3.05) is 0 Å². The average Bonchev–Trinajstić information content (AvgIpc) is 2.47. The zero-order valence-electron chi connectivity index (χ0n) is 11.0. The van der Waals surface area contributed by atoms with Crippen molar-refractivity contribution >= 4 is 12.3 Å². The molecular weight excluding hydrogens is 234 g/mol. The Kier molecular flexibility index (Phi) is 4.14. The minimum Gasteiger partial charge on any atom is -0.411 e. The third kappa shape index (κ3) is 2.74. The van der Waals surface area contributed by atoms with Crippen molar-refractivity contribution in [1.29, 1.82) is 0 Å². The summed E-state index contributed by atoms with van der Waals surface area (Å²) in [4.78, 5) is 0. The molecule has 96 valence electrons. The molecule has 2 nitrogen and oxygen atoms in total. The van der Waals surface area contributed by atoms with Crippen molar-refractivity contribution in [2.45, 2.75) is 13.3 Å². The summed E-state index contributed by atoms with van der Waals surface area (Å²) < 4.78 is 0. The van der Waals surface area contributed by atoms with E-state index in [-0.39, 0.29) is 0 Å². The molecule has 0 amide bonds. The molecule has 0 saturated carbocycles. The van der Waals surface area contributed by atoms with E-state index in [1.165, 1.54) is 6.21 Å². The number of hydrogen-bond donors (Lipinski definition) is 1. The van der Waals surface area contributed by atoms with Gasteiger partial charge in [0.1, 0.15) is 0 Å². The van der Waals surface area contributed by atoms with Crippen molar-refractivity contribution in [3.05, 3.63) is 65.7 Å². The number of hydrogen-bond acceptors (Lipinski definition) is 2. The molecule has 0 saturated heterocycles. The molecule has 0 aliphatic carbocycles. The number of oxime groups is 1. The quantitative estimate of drug-likeness (QED) is 0.488. The van der Waals surface area contributed by atoms with E-state index in [4.69, 9.17) is 5.21 Å². The molecule has 0 spiro atoms. The van der Waals surface area contributed by atoms with Crippen molar-refractivity contribution in [1.82, 2.24) is 0 Å². The molecule has 0 fully saturated rings. The first-order valence-corrected chi connectivity index (χ1v) is 6.32. The zero-order chi connectivity index (χ0) is 13.7. The Morgan fingerprint density at radius 2 is 1.79 bits per heavy atom. The first kappa shape index (κ1) is 13.1. The van der Waals surface area contributed by atoms with Gasteiger partial charge in [-0.1, -0.05) is 55.1 Å². The summed E-state index contributed by atoms with van der Waals surface area (Å²) in [7, 11) is 0. The van der Waals surface area contributed by atoms with Gasteiger partial charge in [0.05, 0.1) is 6.21 Å². The van der Waals surface area contributed by atoms with E-state index < -0.39 is 0 Å². The summed E-state index contributed by atoms with van der Waals surface area (Å²) in [5.74, 6) is 0. The fourth-order valence-electron chi connectivity index (χ4n) is 2.28. The lowest BCUT2D eigenvalue weighted by atomic mass is 9.93. The predicted octanol–water partition coefficient (Wildman–Crippen LogP) is 4.37. The molecule has 1 N–H and O–H groups in total. The van der Waals surface area contributed by atoms with Crippen molar-refractivity contribution in [3.8, 4) is 11.1 Å². The van der Waals surface area contributed by atoms with Crippen LogP contribution in [0.3, 0.4) is 0 Å². The van der Waals surface area contributed by atoms with E-state index in [1.807, 2.05) is 30.3 Å². The number of rotatable bonds is 4. The van der Waals surface area contributed by atoms with Gasteiger partial charge in [-0.05, 0) is 40.8 Å². The Morgan fingerprint density at radius 3 is 2.37 bits per heavy atom. The summed E-state index contributed by atoms with van der Waals surface area (Å²) >= 11 is 0. The first-order valence-electron chi connectivity index (χ1n) is 6.32. The lowest BCUT2D eigenvalue weighted by Crippen LogP contribution is -1.97. The maximum Gasteiger partial charge on any atom is 0.0737 e. The highest BCUT2D eigenvalue weighted by Crippen LogP contribution is 2.26. The van der Waals surface area contributed by atoms with Crippen LogP contribution in [0.5, 0.6) is 0 Å². The van der Waals surface area contributed by atoms with Gasteiger partial charge in [0.15, 0.2) is 0 Å².